The summed E-state index contributed by atoms with van der Waals surface area (Å²) in [6, 6.07) is 3.70. The molecule has 2 atom stereocenters. The van der Waals surface area contributed by atoms with Crippen LogP contribution in [0.25, 0.3) is 11.1 Å². The number of fused-ring (bicyclic) bond motifs is 4. The first kappa shape index (κ1) is 22.6. The van der Waals surface area contributed by atoms with Gasteiger partial charge in [-0.2, -0.15) is 18.3 Å². The minimum Gasteiger partial charge on any atom is -0.366 e. The number of amides is 3. The third kappa shape index (κ3) is 4.36. The predicted octanol–water partition coefficient (Wildman–Crippen LogP) is 3.18. The van der Waals surface area contributed by atoms with E-state index in [-0.39, 0.29) is 17.6 Å². The van der Waals surface area contributed by atoms with Gasteiger partial charge in [0.25, 0.3) is 5.91 Å². The van der Waals surface area contributed by atoms with E-state index < -0.39 is 24.2 Å². The van der Waals surface area contributed by atoms with Gasteiger partial charge in [0.1, 0.15) is 17.6 Å². The van der Waals surface area contributed by atoms with Crippen molar-refractivity contribution in [2.75, 3.05) is 28.2 Å². The van der Waals surface area contributed by atoms with Crippen LogP contribution in [-0.4, -0.2) is 63.5 Å². The second-order valence-corrected chi connectivity index (χ2v) is 8.38. The molecule has 3 aromatic heterocycles. The molecule has 2 aliphatic rings. The number of urea groups is 1. The van der Waals surface area contributed by atoms with Crippen molar-refractivity contribution in [2.45, 2.75) is 31.6 Å². The highest BCUT2D eigenvalue weighted by atomic mass is 19.4. The van der Waals surface area contributed by atoms with Crippen molar-refractivity contribution in [3.8, 4) is 11.1 Å². The first-order chi connectivity index (χ1) is 16.7. The number of nitrogens with zero attached hydrogens (tertiary/aromatic N) is 5. The summed E-state index contributed by atoms with van der Waals surface area (Å²) in [5, 5.41) is 11.3. The van der Waals surface area contributed by atoms with Crippen molar-refractivity contribution in [1.29, 1.82) is 0 Å². The normalized spacial score (nSPS) is 17.7. The Morgan fingerprint density at radius 2 is 2.06 bits per heavy atom. The number of nitrogens with one attached hydrogen (secondary N) is 3. The van der Waals surface area contributed by atoms with Crippen LogP contribution in [0.4, 0.5) is 35.3 Å². The van der Waals surface area contributed by atoms with Crippen LogP contribution < -0.4 is 20.4 Å². The van der Waals surface area contributed by atoms with E-state index in [1.165, 1.54) is 11.0 Å². The monoisotopic (exact) mass is 486 g/mol. The van der Waals surface area contributed by atoms with Crippen LogP contribution in [0.15, 0.2) is 42.9 Å². The summed E-state index contributed by atoms with van der Waals surface area (Å²) in [7, 11) is 0. The second kappa shape index (κ2) is 8.56. The summed E-state index contributed by atoms with van der Waals surface area (Å²) in [6.07, 6.45) is 1.01. The number of anilines is 3. The number of carbonyl (C=O) groups is 2. The second-order valence-electron chi connectivity index (χ2n) is 8.38. The number of hydrogen-bond acceptors (Lipinski definition) is 6. The Kier molecular flexibility index (Phi) is 5.53. The zero-order valence-corrected chi connectivity index (χ0v) is 18.5. The molecule has 13 heteroatoms. The molecule has 5 heterocycles. The van der Waals surface area contributed by atoms with Crippen molar-refractivity contribution in [2.24, 2.45) is 0 Å². The van der Waals surface area contributed by atoms with Crippen LogP contribution in [-0.2, 0) is 0 Å². The lowest BCUT2D eigenvalue weighted by Gasteiger charge is -2.35. The average molecular weight is 486 g/mol. The molecule has 3 aromatic rings. The lowest BCUT2D eigenvalue weighted by atomic mass is 10.1. The lowest BCUT2D eigenvalue weighted by Crippen LogP contribution is -2.49. The molecule has 3 amide bonds. The molecule has 2 aliphatic heterocycles. The third-order valence-electron chi connectivity index (χ3n) is 6.07. The molecule has 2 bridgehead atoms. The molecule has 1 fully saturated rings. The highest BCUT2D eigenvalue weighted by Gasteiger charge is 2.41. The molecular formula is C22H21F3N8O2. The summed E-state index contributed by atoms with van der Waals surface area (Å²) in [6.45, 7) is 2.13. The number of halogens is 3. The summed E-state index contributed by atoms with van der Waals surface area (Å²) in [5.74, 6) is -0.446. The molecule has 0 aromatic carbocycles. The smallest absolute Gasteiger partial charge is 0.366 e. The van der Waals surface area contributed by atoms with Gasteiger partial charge in [0.15, 0.2) is 5.82 Å². The van der Waals surface area contributed by atoms with Gasteiger partial charge in [-0.1, -0.05) is 0 Å². The van der Waals surface area contributed by atoms with Gasteiger partial charge in [-0.05, 0) is 43.2 Å². The number of carbonyl (C=O) groups excluding carboxylic acids is 2. The predicted molar refractivity (Wildman–Crippen MR) is 121 cm³/mol. The van der Waals surface area contributed by atoms with Crippen LogP contribution >= 0.6 is 0 Å². The van der Waals surface area contributed by atoms with E-state index >= 15 is 0 Å². The van der Waals surface area contributed by atoms with Crippen LogP contribution in [0.1, 0.15) is 23.8 Å². The summed E-state index contributed by atoms with van der Waals surface area (Å²) in [5.41, 5.74) is 2.05. The van der Waals surface area contributed by atoms with Gasteiger partial charge in [0.05, 0.1) is 17.9 Å². The summed E-state index contributed by atoms with van der Waals surface area (Å²) < 4.78 is 38.7. The Balaban J connectivity index is 1.42. The number of pyridine rings is 2. The molecule has 0 spiro atoms. The molecule has 1 unspecified atom stereocenters. The maximum Gasteiger partial charge on any atom is 0.408 e. The van der Waals surface area contributed by atoms with E-state index in [0.29, 0.717) is 31.0 Å². The third-order valence-corrected chi connectivity index (χ3v) is 6.07. The van der Waals surface area contributed by atoms with E-state index in [1.54, 1.807) is 36.8 Å². The largest absolute Gasteiger partial charge is 0.408 e. The Bertz CT molecular complexity index is 1260. The van der Waals surface area contributed by atoms with Crippen LogP contribution in [0.3, 0.4) is 0 Å². The van der Waals surface area contributed by atoms with Crippen molar-refractivity contribution >= 4 is 29.3 Å². The average Bonchev–Trinajstić information content (AvgIpc) is 3.50. The Morgan fingerprint density at radius 3 is 2.80 bits per heavy atom. The molecule has 1 saturated heterocycles. The standard InChI is InChI=1S/C22H21F3N8O2/c1-12(22(23,24)25)29-20(34)16-2-3-17-19(30-16)33(15-5-7-32(17)11-15)21(35)31-18-8-13(4-6-26-18)14-9-27-28-10-14/h2-4,6,8-10,12,15H,5,7,11H2,1H3,(H,27,28)(H,29,34)(H,26,31,35)/t12-,15?/m1/s1. The molecule has 35 heavy (non-hydrogen) atoms. The number of H-pyrrole nitrogens is 1. The SMILES string of the molecule is C[C@@H](NC(=O)c1ccc2c(n1)N(C(=O)Nc1cc(-c3cn[nH]c3)ccn1)C1CCN2C1)C(F)(F)F. The molecule has 5 rings (SSSR count). The summed E-state index contributed by atoms with van der Waals surface area (Å²) in [4.78, 5) is 37.8. The Morgan fingerprint density at radius 1 is 1.23 bits per heavy atom. The summed E-state index contributed by atoms with van der Waals surface area (Å²) >= 11 is 0. The first-order valence-electron chi connectivity index (χ1n) is 10.9. The lowest BCUT2D eigenvalue weighted by molar-refractivity contribution is -0.149. The quantitative estimate of drug-likeness (QED) is 0.521. The topological polar surface area (TPSA) is 119 Å². The highest BCUT2D eigenvalue weighted by Crippen LogP contribution is 2.39. The van der Waals surface area contributed by atoms with E-state index in [1.807, 2.05) is 10.2 Å². The van der Waals surface area contributed by atoms with Gasteiger partial charge in [-0.25, -0.2) is 14.8 Å². The number of aromatic nitrogens is 4. The molecule has 3 N–H and O–H groups in total. The van der Waals surface area contributed by atoms with Crippen molar-refractivity contribution in [3.63, 3.8) is 0 Å². The molecular weight excluding hydrogens is 465 g/mol. The van der Waals surface area contributed by atoms with Gasteiger partial charge in [-0.15, -0.1) is 0 Å². The Hall–Kier alpha value is -4.16. The van der Waals surface area contributed by atoms with Crippen LogP contribution in [0.2, 0.25) is 0 Å². The minimum atomic E-state index is -4.58. The van der Waals surface area contributed by atoms with E-state index in [0.717, 1.165) is 18.1 Å². The zero-order valence-electron chi connectivity index (χ0n) is 18.5. The van der Waals surface area contributed by atoms with Gasteiger partial charge >= 0.3 is 12.2 Å². The fourth-order valence-electron chi connectivity index (χ4n) is 4.21. The van der Waals surface area contributed by atoms with Crippen LogP contribution in [0.5, 0.6) is 0 Å². The van der Waals surface area contributed by atoms with Crippen LogP contribution in [0, 0.1) is 0 Å². The number of aromatic amines is 1. The van der Waals surface area contributed by atoms with Gasteiger partial charge < -0.3 is 10.2 Å². The van der Waals surface area contributed by atoms with Crippen molar-refractivity contribution in [1.82, 2.24) is 25.5 Å². The fraction of sp³-hybridized carbons (Fsp3) is 0.318. The maximum atomic E-state index is 13.4. The minimum absolute atomic E-state index is 0.208. The molecule has 182 valence electrons. The first-order valence-corrected chi connectivity index (χ1v) is 10.9. The molecule has 0 radical (unpaired) electrons. The van der Waals surface area contributed by atoms with Crippen molar-refractivity contribution < 1.29 is 22.8 Å². The van der Waals surface area contributed by atoms with Gasteiger partial charge in [-0.3, -0.25) is 20.1 Å². The van der Waals surface area contributed by atoms with E-state index in [9.17, 15) is 22.8 Å². The number of hydrogen-bond donors (Lipinski definition) is 3. The molecule has 0 saturated carbocycles. The Labute approximate surface area is 197 Å². The zero-order chi connectivity index (χ0) is 24.7. The maximum absolute atomic E-state index is 13.4. The van der Waals surface area contributed by atoms with Crippen molar-refractivity contribution in [3.05, 3.63) is 48.5 Å². The molecule has 10 nitrogen and oxygen atoms in total. The van der Waals surface area contributed by atoms with E-state index in [2.05, 4.69) is 25.5 Å². The highest BCUT2D eigenvalue weighted by molar-refractivity contribution is 6.05. The number of alkyl halides is 3. The van der Waals surface area contributed by atoms with Gasteiger partial charge in [0, 0.05) is 31.0 Å². The molecule has 0 aliphatic carbocycles. The fourth-order valence-corrected chi connectivity index (χ4v) is 4.21. The van der Waals surface area contributed by atoms with Gasteiger partial charge in [0.2, 0.25) is 0 Å². The van der Waals surface area contributed by atoms with E-state index in [4.69, 9.17) is 0 Å². The number of rotatable bonds is 4.